The van der Waals surface area contributed by atoms with E-state index in [0.717, 1.165) is 13.0 Å². The number of hydrogen-bond donors (Lipinski definition) is 2. The summed E-state index contributed by atoms with van der Waals surface area (Å²) in [6, 6.07) is 13.4. The summed E-state index contributed by atoms with van der Waals surface area (Å²) in [7, 11) is 0. The molecule has 1 atom stereocenters. The Bertz CT molecular complexity index is 572. The highest BCUT2D eigenvalue weighted by atomic mass is 79.9. The molecule has 2 nitrogen and oxygen atoms in total. The van der Waals surface area contributed by atoms with Crippen LogP contribution in [0.3, 0.4) is 0 Å². The van der Waals surface area contributed by atoms with Crippen molar-refractivity contribution >= 4 is 27.3 Å². The molecule has 0 spiro atoms. The summed E-state index contributed by atoms with van der Waals surface area (Å²) >= 11 is 3.12. The van der Waals surface area contributed by atoms with E-state index in [1.807, 2.05) is 18.2 Å². The van der Waals surface area contributed by atoms with Crippen LogP contribution in [0.15, 0.2) is 46.9 Å². The van der Waals surface area contributed by atoms with Crippen molar-refractivity contribution < 1.29 is 4.39 Å². The topological polar surface area (TPSA) is 38.0 Å². The monoisotopic (exact) mass is 336 g/mol. The molecule has 106 valence electrons. The smallest absolute Gasteiger partial charge is 0.139 e. The predicted molar refractivity (Wildman–Crippen MR) is 86.5 cm³/mol. The Labute approximate surface area is 127 Å². The highest BCUT2D eigenvalue weighted by Crippen LogP contribution is 2.27. The lowest BCUT2D eigenvalue weighted by Gasteiger charge is -2.14. The average molecular weight is 337 g/mol. The number of nitrogen functional groups attached to an aromatic ring is 1. The number of benzene rings is 2. The fraction of sp³-hybridized carbons (Fsp3) is 0.250. The molecular weight excluding hydrogens is 319 g/mol. The molecule has 1 unspecified atom stereocenters. The van der Waals surface area contributed by atoms with Crippen LogP contribution in [0.25, 0.3) is 0 Å². The summed E-state index contributed by atoms with van der Waals surface area (Å²) in [6.07, 6.45) is 0.959. The number of rotatable bonds is 5. The minimum atomic E-state index is -0.308. The molecule has 2 aromatic carbocycles. The molecule has 0 amide bonds. The van der Waals surface area contributed by atoms with Gasteiger partial charge in [0, 0.05) is 12.6 Å². The van der Waals surface area contributed by atoms with Gasteiger partial charge >= 0.3 is 0 Å². The van der Waals surface area contributed by atoms with E-state index in [9.17, 15) is 4.39 Å². The van der Waals surface area contributed by atoms with Crippen molar-refractivity contribution in [2.45, 2.75) is 19.3 Å². The number of anilines is 2. The van der Waals surface area contributed by atoms with Crippen molar-refractivity contribution in [3.63, 3.8) is 0 Å². The Morgan fingerprint density at radius 1 is 1.25 bits per heavy atom. The Morgan fingerprint density at radius 3 is 2.65 bits per heavy atom. The first kappa shape index (κ1) is 14.9. The maximum atomic E-state index is 13.5. The highest BCUT2D eigenvalue weighted by molar-refractivity contribution is 9.10. The third-order valence-electron chi connectivity index (χ3n) is 3.35. The Morgan fingerprint density at radius 2 is 1.95 bits per heavy atom. The zero-order chi connectivity index (χ0) is 14.5. The van der Waals surface area contributed by atoms with E-state index < -0.39 is 0 Å². The van der Waals surface area contributed by atoms with Gasteiger partial charge in [0.2, 0.25) is 0 Å². The second-order valence-corrected chi connectivity index (χ2v) is 5.74. The van der Waals surface area contributed by atoms with E-state index in [0.29, 0.717) is 21.8 Å². The Hall–Kier alpha value is -1.55. The van der Waals surface area contributed by atoms with E-state index in [-0.39, 0.29) is 5.82 Å². The highest BCUT2D eigenvalue weighted by Gasteiger charge is 2.07. The molecule has 0 aliphatic heterocycles. The van der Waals surface area contributed by atoms with Gasteiger partial charge in [0.15, 0.2) is 0 Å². The van der Waals surface area contributed by atoms with Gasteiger partial charge in [0.25, 0.3) is 0 Å². The van der Waals surface area contributed by atoms with Crippen LogP contribution in [0, 0.1) is 5.82 Å². The molecule has 0 saturated carbocycles. The molecule has 20 heavy (non-hydrogen) atoms. The minimum absolute atomic E-state index is 0.308. The predicted octanol–water partition coefficient (Wildman–Crippen LogP) is 4.78. The van der Waals surface area contributed by atoms with Crippen LogP contribution in [-0.2, 0) is 0 Å². The van der Waals surface area contributed by atoms with E-state index in [2.05, 4.69) is 40.3 Å². The molecular formula is C16H18BrFN2. The summed E-state index contributed by atoms with van der Waals surface area (Å²) in [6.45, 7) is 2.93. The molecule has 0 heterocycles. The van der Waals surface area contributed by atoms with Gasteiger partial charge < -0.3 is 11.1 Å². The van der Waals surface area contributed by atoms with E-state index >= 15 is 0 Å². The molecule has 0 fully saturated rings. The number of nitrogens with one attached hydrogen (secondary N) is 1. The maximum Gasteiger partial charge on any atom is 0.139 e. The largest absolute Gasteiger partial charge is 0.397 e. The van der Waals surface area contributed by atoms with Crippen molar-refractivity contribution in [2.75, 3.05) is 17.6 Å². The molecule has 0 aromatic heterocycles. The molecule has 0 aliphatic rings. The van der Waals surface area contributed by atoms with Gasteiger partial charge in [-0.3, -0.25) is 0 Å². The summed E-state index contributed by atoms with van der Waals surface area (Å²) in [4.78, 5) is 0. The van der Waals surface area contributed by atoms with Gasteiger partial charge in [0.05, 0.1) is 15.8 Å². The van der Waals surface area contributed by atoms with Crippen LogP contribution < -0.4 is 11.1 Å². The second-order valence-electron chi connectivity index (χ2n) is 4.88. The lowest BCUT2D eigenvalue weighted by molar-refractivity contribution is 0.621. The van der Waals surface area contributed by atoms with E-state index in [1.54, 1.807) is 6.07 Å². The molecule has 3 N–H and O–H groups in total. The Kier molecular flexibility index (Phi) is 5.01. The quantitative estimate of drug-likeness (QED) is 0.771. The molecule has 4 heteroatoms. The zero-order valence-electron chi connectivity index (χ0n) is 11.4. The van der Waals surface area contributed by atoms with Crippen LogP contribution in [0.5, 0.6) is 0 Å². The maximum absolute atomic E-state index is 13.5. The molecule has 2 aromatic rings. The van der Waals surface area contributed by atoms with Gasteiger partial charge in [0.1, 0.15) is 5.82 Å². The van der Waals surface area contributed by atoms with Gasteiger partial charge in [-0.1, -0.05) is 37.3 Å². The van der Waals surface area contributed by atoms with Gasteiger partial charge in [-0.25, -0.2) is 4.39 Å². The standard InChI is InChI=1S/C16H18BrFN2/c1-11(12-5-3-2-4-6-12)7-8-20-16-10-14(18)13(17)9-15(16)19/h2-6,9-11,20H,7-8,19H2,1H3. The summed E-state index contributed by atoms with van der Waals surface area (Å²) in [5.41, 5.74) is 8.36. The Balaban J connectivity index is 1.92. The van der Waals surface area contributed by atoms with Crippen molar-refractivity contribution in [1.29, 1.82) is 0 Å². The van der Waals surface area contributed by atoms with E-state index in [1.165, 1.54) is 11.6 Å². The van der Waals surface area contributed by atoms with Crippen LogP contribution in [0.1, 0.15) is 24.8 Å². The van der Waals surface area contributed by atoms with Crippen molar-refractivity contribution in [1.82, 2.24) is 0 Å². The van der Waals surface area contributed by atoms with E-state index in [4.69, 9.17) is 5.73 Å². The summed E-state index contributed by atoms with van der Waals surface area (Å²) in [5, 5.41) is 3.20. The zero-order valence-corrected chi connectivity index (χ0v) is 13.0. The fourth-order valence-corrected chi connectivity index (χ4v) is 2.45. The van der Waals surface area contributed by atoms with Crippen LogP contribution in [-0.4, -0.2) is 6.54 Å². The van der Waals surface area contributed by atoms with Gasteiger partial charge in [-0.05, 0) is 39.9 Å². The van der Waals surface area contributed by atoms with Crippen molar-refractivity contribution in [3.05, 3.63) is 58.3 Å². The van der Waals surface area contributed by atoms with Crippen LogP contribution in [0.4, 0.5) is 15.8 Å². The first-order chi connectivity index (χ1) is 9.58. The summed E-state index contributed by atoms with van der Waals surface area (Å²) < 4.78 is 13.9. The minimum Gasteiger partial charge on any atom is -0.397 e. The van der Waals surface area contributed by atoms with Crippen LogP contribution in [0.2, 0.25) is 0 Å². The van der Waals surface area contributed by atoms with Crippen molar-refractivity contribution in [3.8, 4) is 0 Å². The molecule has 2 rings (SSSR count). The number of nitrogens with two attached hydrogens (primary N) is 1. The average Bonchev–Trinajstić information content (AvgIpc) is 2.45. The first-order valence-corrected chi connectivity index (χ1v) is 7.40. The van der Waals surface area contributed by atoms with Gasteiger partial charge in [-0.15, -0.1) is 0 Å². The van der Waals surface area contributed by atoms with Crippen LogP contribution >= 0.6 is 15.9 Å². The lowest BCUT2D eigenvalue weighted by atomic mass is 9.98. The van der Waals surface area contributed by atoms with Gasteiger partial charge in [-0.2, -0.15) is 0 Å². The number of hydrogen-bond acceptors (Lipinski definition) is 2. The third-order valence-corrected chi connectivity index (χ3v) is 3.96. The molecule has 0 saturated heterocycles. The fourth-order valence-electron chi connectivity index (χ4n) is 2.09. The second kappa shape index (κ2) is 6.75. The van der Waals surface area contributed by atoms with Crippen molar-refractivity contribution in [2.24, 2.45) is 0 Å². The third kappa shape index (κ3) is 3.73. The molecule has 0 bridgehead atoms. The molecule has 0 radical (unpaired) electrons. The molecule has 0 aliphatic carbocycles. The SMILES string of the molecule is CC(CCNc1cc(F)c(Br)cc1N)c1ccccc1. The number of halogens is 2. The summed E-state index contributed by atoms with van der Waals surface area (Å²) in [5.74, 6) is 0.142. The lowest BCUT2D eigenvalue weighted by Crippen LogP contribution is -2.08. The normalized spacial score (nSPS) is 12.2. The first-order valence-electron chi connectivity index (χ1n) is 6.61.